The smallest absolute Gasteiger partial charge is 0.337 e. The van der Waals surface area contributed by atoms with Crippen molar-refractivity contribution in [3.05, 3.63) is 52.1 Å². The fourth-order valence-corrected chi connectivity index (χ4v) is 4.81. The molecule has 1 aromatic carbocycles. The normalized spacial score (nSPS) is 13.0. The average molecular weight is 451 g/mol. The van der Waals surface area contributed by atoms with E-state index >= 15 is 0 Å². The van der Waals surface area contributed by atoms with Crippen LogP contribution in [0, 0.1) is 5.41 Å². The topological polar surface area (TPSA) is 53.4 Å². The lowest BCUT2D eigenvalue weighted by Crippen LogP contribution is -2.28. The van der Waals surface area contributed by atoms with E-state index in [1.54, 1.807) is 12.1 Å². The molecule has 7 heteroatoms. The molecule has 0 aliphatic carbocycles. The third-order valence-corrected chi connectivity index (χ3v) is 6.05. The minimum absolute atomic E-state index is 0.116. The third kappa shape index (κ3) is 6.19. The molecular weight excluding hydrogens is 416 g/mol. The Bertz CT molecular complexity index is 841. The van der Waals surface area contributed by atoms with E-state index in [1.807, 2.05) is 12.1 Å². The van der Waals surface area contributed by atoms with Crippen molar-refractivity contribution < 1.29 is 14.0 Å². The van der Waals surface area contributed by atoms with E-state index in [0.29, 0.717) is 17.3 Å². The highest BCUT2D eigenvalue weighted by Crippen LogP contribution is 2.40. The number of halogens is 1. The van der Waals surface area contributed by atoms with Crippen molar-refractivity contribution in [2.45, 2.75) is 72.7 Å². The van der Waals surface area contributed by atoms with Gasteiger partial charge in [-0.15, -0.1) is 0 Å². The van der Waals surface area contributed by atoms with Gasteiger partial charge in [-0.25, -0.2) is 9.78 Å². The number of hydrogen-bond donors (Lipinski definition) is 0. The zero-order valence-corrected chi connectivity index (χ0v) is 21.2. The molecule has 0 spiro atoms. The van der Waals surface area contributed by atoms with Gasteiger partial charge in [0.15, 0.2) is 14.2 Å². The first-order valence-electron chi connectivity index (χ1n) is 10.7. The number of benzene rings is 1. The maximum absolute atomic E-state index is 11.7. The van der Waals surface area contributed by atoms with Crippen molar-refractivity contribution in [3.63, 3.8) is 0 Å². The van der Waals surface area contributed by atoms with E-state index in [4.69, 9.17) is 25.7 Å². The highest BCUT2D eigenvalue weighted by molar-refractivity contribution is 6.48. The van der Waals surface area contributed by atoms with Gasteiger partial charge in [0.05, 0.1) is 24.5 Å². The zero-order chi connectivity index (χ0) is 22.5. The molecule has 0 saturated heterocycles. The number of carbonyl (C=O) groups is 1. The lowest BCUT2D eigenvalue weighted by Gasteiger charge is -2.33. The Morgan fingerprint density at radius 3 is 2.37 bits per heavy atom. The van der Waals surface area contributed by atoms with E-state index in [9.17, 15) is 4.79 Å². The predicted octanol–water partition coefficient (Wildman–Crippen LogP) is 5.80. The Labute approximate surface area is 187 Å². The first-order valence-corrected chi connectivity index (χ1v) is 13.8. The Balaban J connectivity index is 2.50. The number of methoxy groups -OCH3 is 1. The Morgan fingerprint density at radius 1 is 1.23 bits per heavy atom. The van der Waals surface area contributed by atoms with Crippen LogP contribution in [0.3, 0.4) is 0 Å². The standard InChI is InChI=1S/C23H35ClN2O3Si/c1-8-9-10-18-25-21(24)19(20(23(2,3)4)29-30(6)7)26(18)15-16-11-13-17(14-12-16)22(27)28-5/h11-14,20,30H,8-10,15H2,1-7H3. The Kier molecular flexibility index (Phi) is 8.70. The van der Waals surface area contributed by atoms with E-state index in [0.717, 1.165) is 36.3 Å². The molecule has 1 atom stereocenters. The summed E-state index contributed by atoms with van der Waals surface area (Å²) in [6.45, 7) is 13.7. The van der Waals surface area contributed by atoms with Crippen LogP contribution in [-0.2, 0) is 22.1 Å². The molecule has 0 fully saturated rings. The molecular formula is C23H35ClN2O3Si. The molecule has 1 heterocycles. The molecule has 166 valence electrons. The van der Waals surface area contributed by atoms with Gasteiger partial charge in [0, 0.05) is 13.0 Å². The molecule has 0 aliphatic rings. The highest BCUT2D eigenvalue weighted by atomic mass is 35.5. The third-order valence-electron chi connectivity index (χ3n) is 4.95. The molecule has 0 bridgehead atoms. The number of rotatable bonds is 9. The van der Waals surface area contributed by atoms with E-state index in [-0.39, 0.29) is 17.5 Å². The first-order chi connectivity index (χ1) is 14.1. The lowest BCUT2D eigenvalue weighted by atomic mass is 9.87. The summed E-state index contributed by atoms with van der Waals surface area (Å²) in [7, 11) is 0.0794. The predicted molar refractivity (Wildman–Crippen MR) is 125 cm³/mol. The average Bonchev–Trinajstić information content (AvgIpc) is 2.98. The molecule has 30 heavy (non-hydrogen) atoms. The van der Waals surface area contributed by atoms with E-state index in [1.165, 1.54) is 7.11 Å². The van der Waals surface area contributed by atoms with Crippen LogP contribution >= 0.6 is 11.6 Å². The number of esters is 1. The maximum atomic E-state index is 11.7. The quantitative estimate of drug-likeness (QED) is 0.357. The van der Waals surface area contributed by atoms with Gasteiger partial charge in [-0.2, -0.15) is 0 Å². The molecule has 2 rings (SSSR count). The second-order valence-electron chi connectivity index (χ2n) is 9.01. The largest absolute Gasteiger partial charge is 0.465 e. The number of hydrogen-bond acceptors (Lipinski definition) is 4. The molecule has 0 aliphatic heterocycles. The van der Waals surface area contributed by atoms with Gasteiger partial charge >= 0.3 is 5.97 Å². The van der Waals surface area contributed by atoms with Gasteiger partial charge in [0.25, 0.3) is 0 Å². The van der Waals surface area contributed by atoms with Crippen LogP contribution < -0.4 is 0 Å². The monoisotopic (exact) mass is 450 g/mol. The summed E-state index contributed by atoms with van der Waals surface area (Å²) >= 11 is 6.71. The van der Waals surface area contributed by atoms with Gasteiger partial charge in [0.2, 0.25) is 0 Å². The number of aromatic nitrogens is 2. The fraction of sp³-hybridized carbons (Fsp3) is 0.565. The molecule has 0 N–H and O–H groups in total. The summed E-state index contributed by atoms with van der Waals surface area (Å²) in [6.07, 6.45) is 2.88. The summed E-state index contributed by atoms with van der Waals surface area (Å²) in [4.78, 5) is 16.5. The summed E-state index contributed by atoms with van der Waals surface area (Å²) in [6, 6.07) is 7.50. The lowest BCUT2D eigenvalue weighted by molar-refractivity contribution is 0.0600. The van der Waals surface area contributed by atoms with E-state index < -0.39 is 9.04 Å². The second kappa shape index (κ2) is 10.6. The fourth-order valence-electron chi connectivity index (χ4n) is 3.43. The number of nitrogens with zero attached hydrogens (tertiary/aromatic N) is 2. The minimum Gasteiger partial charge on any atom is -0.465 e. The van der Waals surface area contributed by atoms with Crippen molar-refractivity contribution in [1.29, 1.82) is 0 Å². The Hall–Kier alpha value is -1.63. The summed E-state index contributed by atoms with van der Waals surface area (Å²) < 4.78 is 13.5. The molecule has 2 aromatic rings. The zero-order valence-electron chi connectivity index (χ0n) is 19.3. The van der Waals surface area contributed by atoms with Crippen molar-refractivity contribution in [2.75, 3.05) is 7.11 Å². The van der Waals surface area contributed by atoms with Gasteiger partial charge in [-0.3, -0.25) is 0 Å². The van der Waals surface area contributed by atoms with Crippen LogP contribution in [0.25, 0.3) is 0 Å². The highest BCUT2D eigenvalue weighted by Gasteiger charge is 2.34. The Morgan fingerprint density at radius 2 is 1.87 bits per heavy atom. The number of imidazole rings is 1. The maximum Gasteiger partial charge on any atom is 0.337 e. The molecule has 0 radical (unpaired) electrons. The first kappa shape index (κ1) is 24.6. The summed E-state index contributed by atoms with van der Waals surface area (Å²) in [5, 5.41) is 0.529. The van der Waals surface area contributed by atoms with Crippen LogP contribution in [-0.4, -0.2) is 31.7 Å². The molecule has 1 aromatic heterocycles. The SMILES string of the molecule is CCCCc1nc(Cl)c(C(O[SiH](C)C)C(C)(C)C)n1Cc1ccc(C(=O)OC)cc1. The summed E-state index contributed by atoms with van der Waals surface area (Å²) in [5.41, 5.74) is 2.45. The molecule has 1 unspecified atom stereocenters. The molecule has 5 nitrogen and oxygen atoms in total. The number of carbonyl (C=O) groups excluding carboxylic acids is 1. The van der Waals surface area contributed by atoms with Crippen LogP contribution in [0.5, 0.6) is 0 Å². The number of aryl methyl sites for hydroxylation is 1. The van der Waals surface area contributed by atoms with Crippen LogP contribution in [0.15, 0.2) is 24.3 Å². The van der Waals surface area contributed by atoms with Crippen molar-refractivity contribution in [2.24, 2.45) is 5.41 Å². The van der Waals surface area contributed by atoms with Crippen LogP contribution in [0.2, 0.25) is 18.2 Å². The number of unbranched alkanes of at least 4 members (excludes halogenated alkanes) is 1. The van der Waals surface area contributed by atoms with Gasteiger partial charge in [0.1, 0.15) is 5.82 Å². The van der Waals surface area contributed by atoms with E-state index in [2.05, 4.69) is 45.4 Å². The molecule has 0 amide bonds. The van der Waals surface area contributed by atoms with Gasteiger partial charge in [-0.1, -0.05) is 57.8 Å². The van der Waals surface area contributed by atoms with Crippen LogP contribution in [0.4, 0.5) is 0 Å². The molecule has 0 saturated carbocycles. The van der Waals surface area contributed by atoms with Crippen molar-refractivity contribution in [1.82, 2.24) is 9.55 Å². The summed E-state index contributed by atoms with van der Waals surface area (Å²) in [5.74, 6) is 0.650. The van der Waals surface area contributed by atoms with Gasteiger partial charge < -0.3 is 13.7 Å². The van der Waals surface area contributed by atoms with Crippen molar-refractivity contribution >= 4 is 26.6 Å². The number of ether oxygens (including phenoxy) is 1. The van der Waals surface area contributed by atoms with Gasteiger partial charge in [-0.05, 0) is 42.6 Å². The van der Waals surface area contributed by atoms with Crippen LogP contribution in [0.1, 0.15) is 74.1 Å². The van der Waals surface area contributed by atoms with Crippen molar-refractivity contribution in [3.8, 4) is 0 Å². The second-order valence-corrected chi connectivity index (χ2v) is 11.7. The minimum atomic E-state index is -1.31.